The number of hydrogen-bond donors (Lipinski definition) is 1. The second kappa shape index (κ2) is 3.45. The van der Waals surface area contributed by atoms with Crippen LogP contribution in [0.1, 0.15) is 0 Å². The van der Waals surface area contributed by atoms with E-state index in [2.05, 4.69) is 31.0 Å². The van der Waals surface area contributed by atoms with Gasteiger partial charge in [-0.3, -0.25) is 4.68 Å². The van der Waals surface area contributed by atoms with Crippen molar-refractivity contribution in [3.05, 3.63) is 35.1 Å². The minimum absolute atomic E-state index is 0.848. The number of imidazole rings is 1. The van der Waals surface area contributed by atoms with E-state index in [4.69, 9.17) is 0 Å². The van der Waals surface area contributed by atoms with E-state index >= 15 is 0 Å². The molecule has 3 aromatic rings. The average Bonchev–Trinajstić information content (AvgIpc) is 2.83. The number of aromatic amines is 1. The number of fused-ring (bicyclic) bond motifs is 1. The molecular formula is C11H9BrN4. The first kappa shape index (κ1) is 9.59. The molecule has 0 aliphatic heterocycles. The smallest absolute Gasteiger partial charge is 0.141 e. The zero-order valence-electron chi connectivity index (χ0n) is 8.61. The number of benzene rings is 1. The van der Waals surface area contributed by atoms with Crippen molar-refractivity contribution in [2.75, 3.05) is 0 Å². The van der Waals surface area contributed by atoms with Crippen LogP contribution in [0.2, 0.25) is 0 Å². The quantitative estimate of drug-likeness (QED) is 0.743. The number of aromatic nitrogens is 4. The number of aryl methyl sites for hydroxylation is 1. The lowest BCUT2D eigenvalue weighted by Crippen LogP contribution is -1.84. The van der Waals surface area contributed by atoms with E-state index in [-0.39, 0.29) is 0 Å². The fraction of sp³-hybridized carbons (Fsp3) is 0.0909. The maximum absolute atomic E-state index is 4.51. The van der Waals surface area contributed by atoms with Gasteiger partial charge in [-0.05, 0) is 18.2 Å². The average molecular weight is 277 g/mol. The Kier molecular flexibility index (Phi) is 2.07. The van der Waals surface area contributed by atoms with Gasteiger partial charge in [0.2, 0.25) is 0 Å². The predicted octanol–water partition coefficient (Wildman–Crippen LogP) is 2.73. The summed E-state index contributed by atoms with van der Waals surface area (Å²) in [6, 6.07) is 5.98. The second-order valence-corrected chi connectivity index (χ2v) is 4.57. The summed E-state index contributed by atoms with van der Waals surface area (Å²) in [7, 11) is 1.89. The molecule has 4 nitrogen and oxygen atoms in total. The number of nitrogens with one attached hydrogen (secondary N) is 1. The summed E-state index contributed by atoms with van der Waals surface area (Å²) < 4.78 is 2.81. The van der Waals surface area contributed by atoms with E-state index in [0.29, 0.717) is 0 Å². The van der Waals surface area contributed by atoms with E-state index in [9.17, 15) is 0 Å². The van der Waals surface area contributed by atoms with Crippen LogP contribution in [0, 0.1) is 0 Å². The molecule has 3 rings (SSSR count). The molecule has 2 heterocycles. The fourth-order valence-electron chi connectivity index (χ4n) is 1.66. The maximum atomic E-state index is 4.51. The summed E-state index contributed by atoms with van der Waals surface area (Å²) in [5.74, 6) is 0.848. The highest BCUT2D eigenvalue weighted by molar-refractivity contribution is 9.10. The Balaban J connectivity index is 2.18. The van der Waals surface area contributed by atoms with Crippen LogP contribution in [-0.4, -0.2) is 19.7 Å². The Labute approximate surface area is 100 Å². The van der Waals surface area contributed by atoms with Crippen LogP contribution in [0.4, 0.5) is 0 Å². The Morgan fingerprint density at radius 3 is 3.00 bits per heavy atom. The Morgan fingerprint density at radius 2 is 2.25 bits per heavy atom. The summed E-state index contributed by atoms with van der Waals surface area (Å²) in [5.41, 5.74) is 2.98. The molecule has 0 radical (unpaired) electrons. The highest BCUT2D eigenvalue weighted by Gasteiger charge is 2.06. The summed E-state index contributed by atoms with van der Waals surface area (Å²) >= 11 is 3.44. The number of halogens is 1. The van der Waals surface area contributed by atoms with Crippen molar-refractivity contribution in [3.8, 4) is 11.4 Å². The van der Waals surface area contributed by atoms with Crippen molar-refractivity contribution >= 4 is 27.0 Å². The van der Waals surface area contributed by atoms with Gasteiger partial charge in [-0.25, -0.2) is 4.98 Å². The molecule has 0 atom stereocenters. The molecule has 0 amide bonds. The van der Waals surface area contributed by atoms with Gasteiger partial charge < -0.3 is 4.98 Å². The van der Waals surface area contributed by atoms with E-state index in [1.54, 1.807) is 10.9 Å². The van der Waals surface area contributed by atoms with Gasteiger partial charge in [0.1, 0.15) is 5.82 Å². The van der Waals surface area contributed by atoms with Crippen molar-refractivity contribution in [1.29, 1.82) is 0 Å². The lowest BCUT2D eigenvalue weighted by atomic mass is 10.3. The van der Waals surface area contributed by atoms with Crippen molar-refractivity contribution in [3.63, 3.8) is 0 Å². The largest absolute Gasteiger partial charge is 0.338 e. The van der Waals surface area contributed by atoms with E-state index in [1.165, 1.54) is 0 Å². The first-order valence-corrected chi connectivity index (χ1v) is 5.66. The standard InChI is InChI=1S/C11H9BrN4/c1-16-6-7(5-13-16)11-14-9-3-2-8(12)4-10(9)15-11/h2-6H,1H3,(H,14,15). The van der Waals surface area contributed by atoms with Crippen LogP contribution < -0.4 is 0 Å². The van der Waals surface area contributed by atoms with Crippen molar-refractivity contribution < 1.29 is 0 Å². The summed E-state index contributed by atoms with van der Waals surface area (Å²) in [5, 5.41) is 4.13. The zero-order valence-corrected chi connectivity index (χ0v) is 10.2. The first-order chi connectivity index (χ1) is 7.72. The molecule has 16 heavy (non-hydrogen) atoms. The summed E-state index contributed by atoms with van der Waals surface area (Å²) in [6.07, 6.45) is 3.74. The number of rotatable bonds is 1. The van der Waals surface area contributed by atoms with Gasteiger partial charge in [0.25, 0.3) is 0 Å². The van der Waals surface area contributed by atoms with Gasteiger partial charge in [0.05, 0.1) is 22.8 Å². The molecule has 0 fully saturated rings. The van der Waals surface area contributed by atoms with Crippen LogP contribution >= 0.6 is 15.9 Å². The summed E-state index contributed by atoms with van der Waals surface area (Å²) in [6.45, 7) is 0. The molecule has 80 valence electrons. The number of H-pyrrole nitrogens is 1. The van der Waals surface area contributed by atoms with Gasteiger partial charge in [-0.2, -0.15) is 5.10 Å². The Hall–Kier alpha value is -1.62. The van der Waals surface area contributed by atoms with Crippen LogP contribution in [0.3, 0.4) is 0 Å². The molecule has 2 aromatic heterocycles. The minimum atomic E-state index is 0.848. The Bertz CT molecular complexity index is 653. The van der Waals surface area contributed by atoms with E-state index in [0.717, 1.165) is 26.9 Å². The minimum Gasteiger partial charge on any atom is -0.338 e. The number of nitrogens with zero attached hydrogens (tertiary/aromatic N) is 3. The molecule has 0 spiro atoms. The summed E-state index contributed by atoms with van der Waals surface area (Å²) in [4.78, 5) is 7.78. The molecule has 0 aliphatic rings. The fourth-order valence-corrected chi connectivity index (χ4v) is 2.02. The second-order valence-electron chi connectivity index (χ2n) is 3.65. The van der Waals surface area contributed by atoms with Gasteiger partial charge in [-0.15, -0.1) is 0 Å². The molecule has 0 unspecified atom stereocenters. The topological polar surface area (TPSA) is 46.5 Å². The molecule has 5 heteroatoms. The van der Waals surface area contributed by atoms with Crippen LogP contribution in [0.25, 0.3) is 22.4 Å². The van der Waals surface area contributed by atoms with E-state index < -0.39 is 0 Å². The molecule has 1 N–H and O–H groups in total. The van der Waals surface area contributed by atoms with E-state index in [1.807, 2.05) is 31.4 Å². The lowest BCUT2D eigenvalue weighted by Gasteiger charge is -1.88. The third-order valence-electron chi connectivity index (χ3n) is 2.42. The molecular weight excluding hydrogens is 268 g/mol. The third kappa shape index (κ3) is 1.53. The third-order valence-corrected chi connectivity index (χ3v) is 2.92. The zero-order chi connectivity index (χ0) is 11.1. The first-order valence-electron chi connectivity index (χ1n) is 4.87. The highest BCUT2D eigenvalue weighted by Crippen LogP contribution is 2.22. The molecule has 0 bridgehead atoms. The Morgan fingerprint density at radius 1 is 1.38 bits per heavy atom. The van der Waals surface area contributed by atoms with Crippen molar-refractivity contribution in [1.82, 2.24) is 19.7 Å². The van der Waals surface area contributed by atoms with Crippen LogP contribution in [0.5, 0.6) is 0 Å². The van der Waals surface area contributed by atoms with Crippen molar-refractivity contribution in [2.45, 2.75) is 0 Å². The SMILES string of the molecule is Cn1cc(-c2nc3ccc(Br)cc3[nH]2)cn1. The maximum Gasteiger partial charge on any atom is 0.141 e. The van der Waals surface area contributed by atoms with Gasteiger partial charge in [0.15, 0.2) is 0 Å². The molecule has 0 saturated heterocycles. The van der Waals surface area contributed by atoms with Crippen molar-refractivity contribution in [2.24, 2.45) is 7.05 Å². The lowest BCUT2D eigenvalue weighted by molar-refractivity contribution is 0.768. The molecule has 1 aromatic carbocycles. The van der Waals surface area contributed by atoms with Crippen LogP contribution in [-0.2, 0) is 7.05 Å². The van der Waals surface area contributed by atoms with Crippen LogP contribution in [0.15, 0.2) is 35.1 Å². The van der Waals surface area contributed by atoms with Gasteiger partial charge >= 0.3 is 0 Å². The monoisotopic (exact) mass is 276 g/mol. The highest BCUT2D eigenvalue weighted by atomic mass is 79.9. The normalized spacial score (nSPS) is 11.1. The van der Waals surface area contributed by atoms with Gasteiger partial charge in [0, 0.05) is 17.7 Å². The molecule has 0 aliphatic carbocycles. The number of hydrogen-bond acceptors (Lipinski definition) is 2. The van der Waals surface area contributed by atoms with Gasteiger partial charge in [-0.1, -0.05) is 15.9 Å². The predicted molar refractivity (Wildman–Crippen MR) is 66.0 cm³/mol. The molecule has 0 saturated carbocycles.